The molecule has 2 N–H and O–H groups in total. The van der Waals surface area contributed by atoms with Crippen molar-refractivity contribution in [2.24, 2.45) is 5.92 Å². The summed E-state index contributed by atoms with van der Waals surface area (Å²) in [6.45, 7) is 2.30. The molecule has 2 aromatic rings. The molecule has 2 fully saturated rings. The van der Waals surface area contributed by atoms with E-state index in [1.165, 1.54) is 5.56 Å². The van der Waals surface area contributed by atoms with Crippen molar-refractivity contribution in [2.45, 2.75) is 31.8 Å². The highest BCUT2D eigenvalue weighted by atomic mass is 16.5. The summed E-state index contributed by atoms with van der Waals surface area (Å²) >= 11 is 0. The molecule has 2 saturated heterocycles. The molecule has 2 aromatic carbocycles. The zero-order chi connectivity index (χ0) is 22.3. The van der Waals surface area contributed by atoms with Crippen LogP contribution in [0, 0.1) is 5.92 Å². The molecule has 168 valence electrons. The number of hydrogen-bond donors (Lipinski definition) is 2. The number of piperidine rings is 1. The summed E-state index contributed by atoms with van der Waals surface area (Å²) in [4.78, 5) is 38.1. The summed E-state index contributed by atoms with van der Waals surface area (Å²) in [7, 11) is 0. The molecule has 0 unspecified atom stereocenters. The van der Waals surface area contributed by atoms with E-state index in [1.54, 1.807) is 12.1 Å². The van der Waals surface area contributed by atoms with Gasteiger partial charge in [-0.05, 0) is 36.2 Å². The van der Waals surface area contributed by atoms with Gasteiger partial charge in [0, 0.05) is 51.0 Å². The summed E-state index contributed by atoms with van der Waals surface area (Å²) in [5.74, 6) is 0.408. The van der Waals surface area contributed by atoms with Crippen LogP contribution in [0.15, 0.2) is 54.6 Å². The summed E-state index contributed by atoms with van der Waals surface area (Å²) in [5.41, 5.74) is 1.79. The topological polar surface area (TPSA) is 87.7 Å². The molecule has 0 spiro atoms. The van der Waals surface area contributed by atoms with Crippen molar-refractivity contribution in [2.75, 3.05) is 26.2 Å². The highest BCUT2D eigenvalue weighted by molar-refractivity contribution is 5.94. The van der Waals surface area contributed by atoms with E-state index in [9.17, 15) is 14.4 Å². The predicted octanol–water partition coefficient (Wildman–Crippen LogP) is 2.16. The Balaban J connectivity index is 1.20. The molecule has 7 heteroatoms. The van der Waals surface area contributed by atoms with Crippen molar-refractivity contribution in [1.29, 1.82) is 0 Å². The van der Waals surface area contributed by atoms with Crippen molar-refractivity contribution in [3.8, 4) is 5.75 Å². The Labute approximate surface area is 188 Å². The van der Waals surface area contributed by atoms with Gasteiger partial charge in [-0.2, -0.15) is 0 Å². The van der Waals surface area contributed by atoms with Gasteiger partial charge in [0.25, 0.3) is 5.91 Å². The largest absolute Gasteiger partial charge is 0.490 e. The van der Waals surface area contributed by atoms with Crippen LogP contribution in [0.25, 0.3) is 0 Å². The number of carbonyl (C=O) groups is 3. The Bertz CT molecular complexity index is 937. The normalized spacial score (nSPS) is 18.8. The molecular formula is C25H29N3O4. The number of nitrogens with one attached hydrogen (secondary N) is 2. The monoisotopic (exact) mass is 435 g/mol. The van der Waals surface area contributed by atoms with Crippen LogP contribution < -0.4 is 15.4 Å². The summed E-state index contributed by atoms with van der Waals surface area (Å²) in [6.07, 6.45) is 2.63. The number of nitrogens with zero attached hydrogens (tertiary/aromatic N) is 1. The van der Waals surface area contributed by atoms with Crippen LogP contribution in [0.2, 0.25) is 0 Å². The van der Waals surface area contributed by atoms with Gasteiger partial charge in [0.1, 0.15) is 11.9 Å². The SMILES string of the molecule is O=C1C[C@@H](C(=O)N2CCC(Oc3ccc(C(=O)NCCc4ccccc4)cc3)CC2)CN1. The quantitative estimate of drug-likeness (QED) is 0.698. The highest BCUT2D eigenvalue weighted by Gasteiger charge is 2.33. The Morgan fingerprint density at radius 1 is 1.03 bits per heavy atom. The van der Waals surface area contributed by atoms with Crippen molar-refractivity contribution in [3.63, 3.8) is 0 Å². The highest BCUT2D eigenvalue weighted by Crippen LogP contribution is 2.22. The van der Waals surface area contributed by atoms with Gasteiger partial charge in [-0.25, -0.2) is 0 Å². The number of amides is 3. The van der Waals surface area contributed by atoms with Crippen LogP contribution >= 0.6 is 0 Å². The third-order valence-corrected chi connectivity index (χ3v) is 6.04. The standard InChI is InChI=1S/C25H29N3O4/c29-23-16-20(17-27-23)25(31)28-14-11-22(12-15-28)32-21-8-6-19(7-9-21)24(30)26-13-10-18-4-2-1-3-5-18/h1-9,20,22H,10-17H2,(H,26,30)(H,27,29)/t20-/m1/s1. The second-order valence-corrected chi connectivity index (χ2v) is 8.36. The van der Waals surface area contributed by atoms with Crippen molar-refractivity contribution < 1.29 is 19.1 Å². The second-order valence-electron chi connectivity index (χ2n) is 8.36. The maximum absolute atomic E-state index is 12.5. The minimum atomic E-state index is -0.230. The average molecular weight is 436 g/mol. The van der Waals surface area contributed by atoms with E-state index in [1.807, 2.05) is 47.4 Å². The minimum Gasteiger partial charge on any atom is -0.490 e. The maximum Gasteiger partial charge on any atom is 0.251 e. The summed E-state index contributed by atoms with van der Waals surface area (Å²) in [6, 6.07) is 17.2. The maximum atomic E-state index is 12.5. The van der Waals surface area contributed by atoms with Crippen molar-refractivity contribution in [3.05, 3.63) is 65.7 Å². The first-order valence-electron chi connectivity index (χ1n) is 11.2. The van der Waals surface area contributed by atoms with E-state index >= 15 is 0 Å². The molecule has 0 bridgehead atoms. The van der Waals surface area contributed by atoms with Gasteiger partial charge in [-0.1, -0.05) is 30.3 Å². The van der Waals surface area contributed by atoms with Crippen molar-refractivity contribution in [1.82, 2.24) is 15.5 Å². The number of carbonyl (C=O) groups excluding carboxylic acids is 3. The molecule has 1 atom stereocenters. The van der Waals surface area contributed by atoms with E-state index in [0.717, 1.165) is 25.0 Å². The Hall–Kier alpha value is -3.35. The lowest BCUT2D eigenvalue weighted by atomic mass is 10.0. The van der Waals surface area contributed by atoms with Gasteiger partial charge in [-0.3, -0.25) is 14.4 Å². The van der Waals surface area contributed by atoms with Crippen LogP contribution in [0.3, 0.4) is 0 Å². The third-order valence-electron chi connectivity index (χ3n) is 6.04. The van der Waals surface area contributed by atoms with E-state index in [4.69, 9.17) is 4.74 Å². The van der Waals surface area contributed by atoms with Crippen molar-refractivity contribution >= 4 is 17.7 Å². The first kappa shape index (κ1) is 21.9. The van der Waals surface area contributed by atoms with Crippen LogP contribution in [0.4, 0.5) is 0 Å². The first-order chi connectivity index (χ1) is 15.6. The molecule has 3 amide bonds. The lowest BCUT2D eigenvalue weighted by molar-refractivity contribution is -0.137. The number of benzene rings is 2. The van der Waals surface area contributed by atoms with Gasteiger partial charge in [0.2, 0.25) is 11.8 Å². The molecule has 32 heavy (non-hydrogen) atoms. The zero-order valence-corrected chi connectivity index (χ0v) is 18.1. The molecule has 0 aliphatic carbocycles. The number of ether oxygens (including phenoxy) is 1. The van der Waals surface area contributed by atoms with E-state index in [0.29, 0.717) is 38.2 Å². The number of rotatable bonds is 7. The average Bonchev–Trinajstić information content (AvgIpc) is 3.26. The van der Waals surface area contributed by atoms with E-state index in [-0.39, 0.29) is 29.7 Å². The lowest BCUT2D eigenvalue weighted by Crippen LogP contribution is -2.44. The smallest absolute Gasteiger partial charge is 0.251 e. The fraction of sp³-hybridized carbons (Fsp3) is 0.400. The molecule has 0 radical (unpaired) electrons. The van der Waals surface area contributed by atoms with Gasteiger partial charge in [-0.15, -0.1) is 0 Å². The molecule has 0 saturated carbocycles. The van der Waals surface area contributed by atoms with Gasteiger partial charge >= 0.3 is 0 Å². The molecular weight excluding hydrogens is 406 g/mol. The summed E-state index contributed by atoms with van der Waals surface area (Å²) < 4.78 is 6.06. The second kappa shape index (κ2) is 10.3. The summed E-state index contributed by atoms with van der Waals surface area (Å²) in [5, 5.41) is 5.67. The third kappa shape index (κ3) is 5.66. The zero-order valence-electron chi connectivity index (χ0n) is 18.1. The number of hydrogen-bond acceptors (Lipinski definition) is 4. The van der Waals surface area contributed by atoms with Gasteiger partial charge in [0.05, 0.1) is 5.92 Å². The molecule has 7 nitrogen and oxygen atoms in total. The van der Waals surface area contributed by atoms with Crippen LogP contribution in [-0.2, 0) is 16.0 Å². The molecule has 4 rings (SSSR count). The first-order valence-corrected chi connectivity index (χ1v) is 11.2. The Morgan fingerprint density at radius 3 is 2.41 bits per heavy atom. The molecule has 0 aromatic heterocycles. The Morgan fingerprint density at radius 2 is 1.75 bits per heavy atom. The Kier molecular flexibility index (Phi) is 7.04. The molecule has 2 aliphatic rings. The molecule has 2 heterocycles. The van der Waals surface area contributed by atoms with Crippen LogP contribution in [0.1, 0.15) is 35.2 Å². The molecule has 2 aliphatic heterocycles. The van der Waals surface area contributed by atoms with E-state index in [2.05, 4.69) is 10.6 Å². The van der Waals surface area contributed by atoms with Crippen LogP contribution in [0.5, 0.6) is 5.75 Å². The lowest BCUT2D eigenvalue weighted by Gasteiger charge is -2.33. The van der Waals surface area contributed by atoms with Gasteiger partial charge in [0.15, 0.2) is 0 Å². The minimum absolute atomic E-state index is 0.0351. The fourth-order valence-electron chi connectivity index (χ4n) is 4.18. The predicted molar refractivity (Wildman–Crippen MR) is 120 cm³/mol. The fourth-order valence-corrected chi connectivity index (χ4v) is 4.18. The van der Waals surface area contributed by atoms with Gasteiger partial charge < -0.3 is 20.3 Å². The number of likely N-dealkylation sites (tertiary alicyclic amines) is 1. The van der Waals surface area contributed by atoms with Crippen LogP contribution in [-0.4, -0.2) is 54.9 Å². The van der Waals surface area contributed by atoms with E-state index < -0.39 is 0 Å².